The molecule has 62 valence electrons. The first-order chi connectivity index (χ1) is 5.95. The summed E-state index contributed by atoms with van der Waals surface area (Å²) < 4.78 is 0. The van der Waals surface area contributed by atoms with Gasteiger partial charge in [0.1, 0.15) is 5.82 Å². The lowest BCUT2D eigenvalue weighted by molar-refractivity contribution is 1.00. The van der Waals surface area contributed by atoms with E-state index in [-0.39, 0.29) is 0 Å². The van der Waals surface area contributed by atoms with Gasteiger partial charge in [0.2, 0.25) is 0 Å². The second-order valence-corrected chi connectivity index (χ2v) is 2.38. The Hall–Kier alpha value is -1.78. The maximum atomic E-state index is 4.07. The van der Waals surface area contributed by atoms with Crippen molar-refractivity contribution in [1.82, 2.24) is 20.2 Å². The summed E-state index contributed by atoms with van der Waals surface area (Å²) in [5.41, 5.74) is 0.964. The Morgan fingerprint density at radius 3 is 3.17 bits per heavy atom. The van der Waals surface area contributed by atoms with Gasteiger partial charge in [0, 0.05) is 18.6 Å². The van der Waals surface area contributed by atoms with Gasteiger partial charge in [-0.2, -0.15) is 5.10 Å². The number of nitrogens with zero attached hydrogens (tertiary/aromatic N) is 2. The van der Waals surface area contributed by atoms with Gasteiger partial charge in [-0.05, 0) is 0 Å². The van der Waals surface area contributed by atoms with E-state index in [1.54, 1.807) is 24.8 Å². The molecule has 0 unspecified atom stereocenters. The lowest BCUT2D eigenvalue weighted by Gasteiger charge is -1.98. The monoisotopic (exact) mass is 163 g/mol. The molecule has 0 aromatic carbocycles. The second kappa shape index (κ2) is 3.08. The first kappa shape index (κ1) is 6.90. The SMILES string of the molecule is c1c[nH]c(CNc2cn[nH]c2)n1. The highest BCUT2D eigenvalue weighted by atomic mass is 15.1. The third-order valence-corrected chi connectivity index (χ3v) is 1.51. The summed E-state index contributed by atoms with van der Waals surface area (Å²) >= 11 is 0. The topological polar surface area (TPSA) is 69.4 Å². The van der Waals surface area contributed by atoms with E-state index in [0.29, 0.717) is 6.54 Å². The largest absolute Gasteiger partial charge is 0.375 e. The highest BCUT2D eigenvalue weighted by Crippen LogP contribution is 2.02. The number of nitrogens with one attached hydrogen (secondary N) is 3. The van der Waals surface area contributed by atoms with Crippen LogP contribution in [0.4, 0.5) is 5.69 Å². The smallest absolute Gasteiger partial charge is 0.125 e. The number of aromatic nitrogens is 4. The van der Waals surface area contributed by atoms with Crippen LogP contribution < -0.4 is 5.32 Å². The number of hydrogen-bond acceptors (Lipinski definition) is 3. The van der Waals surface area contributed by atoms with Crippen molar-refractivity contribution in [2.24, 2.45) is 0 Å². The highest BCUT2D eigenvalue weighted by molar-refractivity contribution is 5.37. The first-order valence-corrected chi connectivity index (χ1v) is 3.66. The van der Waals surface area contributed by atoms with Gasteiger partial charge in [-0.15, -0.1) is 0 Å². The van der Waals surface area contributed by atoms with Crippen molar-refractivity contribution in [3.05, 3.63) is 30.6 Å². The van der Waals surface area contributed by atoms with Gasteiger partial charge in [0.25, 0.3) is 0 Å². The van der Waals surface area contributed by atoms with Crippen LogP contribution in [0.2, 0.25) is 0 Å². The van der Waals surface area contributed by atoms with Crippen LogP contribution in [-0.4, -0.2) is 20.2 Å². The van der Waals surface area contributed by atoms with Gasteiger partial charge in [-0.25, -0.2) is 4.98 Å². The third kappa shape index (κ3) is 1.45. The van der Waals surface area contributed by atoms with Gasteiger partial charge < -0.3 is 10.3 Å². The van der Waals surface area contributed by atoms with E-state index < -0.39 is 0 Å². The van der Waals surface area contributed by atoms with E-state index in [1.807, 2.05) is 0 Å². The van der Waals surface area contributed by atoms with E-state index in [0.717, 1.165) is 11.5 Å². The minimum absolute atomic E-state index is 0.687. The minimum atomic E-state index is 0.687. The Labute approximate surface area is 69.2 Å². The molecule has 0 amide bonds. The molecule has 5 heteroatoms. The standard InChI is InChI=1S/C7H9N5/c1-2-9-7(8-1)5-10-6-3-11-12-4-6/h1-4,10H,5H2,(H,8,9)(H,11,12). The number of hydrogen-bond donors (Lipinski definition) is 3. The van der Waals surface area contributed by atoms with Gasteiger partial charge in [0.15, 0.2) is 0 Å². The fourth-order valence-electron chi connectivity index (χ4n) is 0.928. The molecule has 2 rings (SSSR count). The Morgan fingerprint density at radius 2 is 2.50 bits per heavy atom. The maximum Gasteiger partial charge on any atom is 0.125 e. The molecule has 0 bridgehead atoms. The lowest BCUT2D eigenvalue weighted by atomic mass is 10.5. The van der Waals surface area contributed by atoms with Crippen LogP contribution in [-0.2, 0) is 6.54 Å². The molecule has 0 saturated carbocycles. The van der Waals surface area contributed by atoms with E-state index in [9.17, 15) is 0 Å². The van der Waals surface area contributed by atoms with Gasteiger partial charge in [0.05, 0.1) is 18.4 Å². The summed E-state index contributed by atoms with van der Waals surface area (Å²) in [7, 11) is 0. The molecule has 0 spiro atoms. The summed E-state index contributed by atoms with van der Waals surface area (Å²) in [6.45, 7) is 0.687. The van der Waals surface area contributed by atoms with Crippen molar-refractivity contribution in [3.8, 4) is 0 Å². The zero-order chi connectivity index (χ0) is 8.23. The zero-order valence-corrected chi connectivity index (χ0v) is 6.41. The number of H-pyrrole nitrogens is 2. The Morgan fingerprint density at radius 1 is 1.50 bits per heavy atom. The molecule has 2 heterocycles. The molecule has 0 aliphatic rings. The zero-order valence-electron chi connectivity index (χ0n) is 6.41. The van der Waals surface area contributed by atoms with Gasteiger partial charge in [-0.1, -0.05) is 0 Å². The molecule has 0 aliphatic heterocycles. The van der Waals surface area contributed by atoms with Crippen LogP contribution in [0.5, 0.6) is 0 Å². The number of rotatable bonds is 3. The van der Waals surface area contributed by atoms with Crippen molar-refractivity contribution < 1.29 is 0 Å². The summed E-state index contributed by atoms with van der Waals surface area (Å²) in [6.07, 6.45) is 7.05. The normalized spacial score (nSPS) is 10.0. The highest BCUT2D eigenvalue weighted by Gasteiger charge is 1.94. The average molecular weight is 163 g/mol. The van der Waals surface area contributed by atoms with Crippen molar-refractivity contribution in [3.63, 3.8) is 0 Å². The average Bonchev–Trinajstić information content (AvgIpc) is 2.74. The molecule has 0 fully saturated rings. The molecule has 0 saturated heterocycles. The van der Waals surface area contributed by atoms with Gasteiger partial charge >= 0.3 is 0 Å². The predicted octanol–water partition coefficient (Wildman–Crippen LogP) is 0.745. The van der Waals surface area contributed by atoms with Gasteiger partial charge in [-0.3, -0.25) is 5.10 Å². The molecule has 3 N–H and O–H groups in total. The third-order valence-electron chi connectivity index (χ3n) is 1.51. The first-order valence-electron chi connectivity index (χ1n) is 3.66. The van der Waals surface area contributed by atoms with Crippen LogP contribution in [0.15, 0.2) is 24.8 Å². The molecule has 12 heavy (non-hydrogen) atoms. The number of imidazole rings is 1. The van der Waals surface area contributed by atoms with Crippen LogP contribution in [0.1, 0.15) is 5.82 Å². The fourth-order valence-corrected chi connectivity index (χ4v) is 0.928. The molecular formula is C7H9N5. The molecule has 2 aromatic heterocycles. The summed E-state index contributed by atoms with van der Waals surface area (Å²) in [6, 6.07) is 0. The Balaban J connectivity index is 1.91. The molecule has 0 atom stereocenters. The summed E-state index contributed by atoms with van der Waals surface area (Å²) in [4.78, 5) is 7.06. The maximum absolute atomic E-state index is 4.07. The minimum Gasteiger partial charge on any atom is -0.375 e. The van der Waals surface area contributed by atoms with Crippen molar-refractivity contribution >= 4 is 5.69 Å². The number of anilines is 1. The molecule has 0 radical (unpaired) electrons. The van der Waals surface area contributed by atoms with Crippen molar-refractivity contribution in [2.75, 3.05) is 5.32 Å². The van der Waals surface area contributed by atoms with Crippen LogP contribution in [0, 0.1) is 0 Å². The molecule has 2 aromatic rings. The van der Waals surface area contributed by atoms with E-state index in [2.05, 4.69) is 25.5 Å². The number of aromatic amines is 2. The van der Waals surface area contributed by atoms with Crippen LogP contribution in [0.3, 0.4) is 0 Å². The summed E-state index contributed by atoms with van der Waals surface area (Å²) in [5.74, 6) is 0.913. The van der Waals surface area contributed by atoms with E-state index in [1.165, 1.54) is 0 Å². The Kier molecular flexibility index (Phi) is 1.77. The quantitative estimate of drug-likeness (QED) is 0.625. The van der Waals surface area contributed by atoms with Crippen LogP contribution in [0.25, 0.3) is 0 Å². The van der Waals surface area contributed by atoms with Crippen molar-refractivity contribution in [2.45, 2.75) is 6.54 Å². The Bertz CT molecular complexity index is 275. The second-order valence-electron chi connectivity index (χ2n) is 2.38. The van der Waals surface area contributed by atoms with Crippen molar-refractivity contribution in [1.29, 1.82) is 0 Å². The predicted molar refractivity (Wildman–Crippen MR) is 44.5 cm³/mol. The van der Waals surface area contributed by atoms with Crippen LogP contribution >= 0.6 is 0 Å². The van der Waals surface area contributed by atoms with E-state index >= 15 is 0 Å². The van der Waals surface area contributed by atoms with E-state index in [4.69, 9.17) is 0 Å². The fraction of sp³-hybridized carbons (Fsp3) is 0.143. The summed E-state index contributed by atoms with van der Waals surface area (Å²) in [5, 5.41) is 9.66. The molecular weight excluding hydrogens is 154 g/mol. The molecule has 0 aliphatic carbocycles. The lowest BCUT2D eigenvalue weighted by Crippen LogP contribution is -1.99. The molecule has 5 nitrogen and oxygen atoms in total.